The van der Waals surface area contributed by atoms with Crippen LogP contribution in [0.2, 0.25) is 5.02 Å². The second-order valence-electron chi connectivity index (χ2n) is 4.73. The number of nitrogens with one attached hydrogen (secondary N) is 2. The summed E-state index contributed by atoms with van der Waals surface area (Å²) in [5.74, 6) is 0.0980. The fraction of sp³-hybridized carbons (Fsp3) is 0.462. The van der Waals surface area contributed by atoms with E-state index in [0.717, 1.165) is 10.0 Å². The number of amides is 2. The van der Waals surface area contributed by atoms with E-state index < -0.39 is 6.10 Å². The molecule has 6 heteroatoms. The van der Waals surface area contributed by atoms with Gasteiger partial charge in [0.05, 0.1) is 11.8 Å². The first-order valence-electron chi connectivity index (χ1n) is 5.99. The van der Waals surface area contributed by atoms with Crippen LogP contribution >= 0.6 is 27.5 Å². The van der Waals surface area contributed by atoms with Crippen LogP contribution in [-0.2, 0) is 0 Å². The molecular formula is C13H18BrClN2O2. The first-order chi connectivity index (χ1) is 8.81. The quantitative estimate of drug-likeness (QED) is 0.778. The molecule has 106 valence electrons. The lowest BCUT2D eigenvalue weighted by molar-refractivity contribution is 0.126. The second kappa shape index (κ2) is 7.12. The van der Waals surface area contributed by atoms with E-state index in [1.165, 1.54) is 0 Å². The Hall–Kier alpha value is -0.780. The Kier molecular flexibility index (Phi) is 6.10. The SMILES string of the molecule is Cc1cc(Br)c(NC(=O)NC[C@@H](O)C(C)C)cc1Cl. The van der Waals surface area contributed by atoms with E-state index in [2.05, 4.69) is 26.6 Å². The molecule has 0 spiro atoms. The minimum absolute atomic E-state index is 0.0980. The summed E-state index contributed by atoms with van der Waals surface area (Å²) in [5, 5.41) is 15.5. The van der Waals surface area contributed by atoms with Crippen LogP contribution in [-0.4, -0.2) is 23.8 Å². The first-order valence-corrected chi connectivity index (χ1v) is 7.17. The molecule has 0 fully saturated rings. The highest BCUT2D eigenvalue weighted by Crippen LogP contribution is 2.28. The zero-order valence-corrected chi connectivity index (χ0v) is 13.5. The molecule has 0 saturated carbocycles. The lowest BCUT2D eigenvalue weighted by Gasteiger charge is -2.16. The second-order valence-corrected chi connectivity index (χ2v) is 5.99. The summed E-state index contributed by atoms with van der Waals surface area (Å²) in [6, 6.07) is 3.14. The Labute approximate surface area is 126 Å². The lowest BCUT2D eigenvalue weighted by atomic mass is 10.1. The Morgan fingerprint density at radius 2 is 2.11 bits per heavy atom. The highest BCUT2D eigenvalue weighted by Gasteiger charge is 2.12. The van der Waals surface area contributed by atoms with E-state index in [0.29, 0.717) is 10.7 Å². The third-order valence-corrected chi connectivity index (χ3v) is 3.80. The minimum atomic E-state index is -0.559. The number of carbonyl (C=O) groups is 1. The number of aliphatic hydroxyl groups excluding tert-OH is 1. The number of urea groups is 1. The maximum absolute atomic E-state index is 11.7. The molecule has 3 N–H and O–H groups in total. The number of aryl methyl sites for hydroxylation is 1. The van der Waals surface area contributed by atoms with Gasteiger partial charge >= 0.3 is 6.03 Å². The Morgan fingerprint density at radius 3 is 2.68 bits per heavy atom. The molecule has 1 rings (SSSR count). The van der Waals surface area contributed by atoms with E-state index in [9.17, 15) is 9.90 Å². The molecule has 4 nitrogen and oxygen atoms in total. The molecule has 19 heavy (non-hydrogen) atoms. The van der Waals surface area contributed by atoms with Crippen LogP contribution in [0.1, 0.15) is 19.4 Å². The molecule has 0 aromatic heterocycles. The van der Waals surface area contributed by atoms with Gasteiger partial charge in [0.25, 0.3) is 0 Å². The zero-order chi connectivity index (χ0) is 14.6. The highest BCUT2D eigenvalue weighted by molar-refractivity contribution is 9.10. The molecule has 0 radical (unpaired) electrons. The van der Waals surface area contributed by atoms with Crippen LogP contribution in [0.3, 0.4) is 0 Å². The Balaban J connectivity index is 2.60. The Morgan fingerprint density at radius 1 is 1.47 bits per heavy atom. The number of aliphatic hydroxyl groups is 1. The van der Waals surface area contributed by atoms with Gasteiger partial charge in [-0.1, -0.05) is 25.4 Å². The van der Waals surface area contributed by atoms with Gasteiger partial charge in [0, 0.05) is 16.0 Å². The van der Waals surface area contributed by atoms with Crippen LogP contribution in [0.15, 0.2) is 16.6 Å². The van der Waals surface area contributed by atoms with Crippen molar-refractivity contribution in [2.75, 3.05) is 11.9 Å². The molecule has 2 amide bonds. The normalized spacial score (nSPS) is 12.4. The van der Waals surface area contributed by atoms with Gasteiger partial charge in [0.15, 0.2) is 0 Å². The lowest BCUT2D eigenvalue weighted by Crippen LogP contribution is -2.37. The van der Waals surface area contributed by atoms with Crippen molar-refractivity contribution >= 4 is 39.2 Å². The molecule has 1 atom stereocenters. The monoisotopic (exact) mass is 348 g/mol. The number of rotatable bonds is 4. The van der Waals surface area contributed by atoms with Crippen molar-refractivity contribution < 1.29 is 9.90 Å². The summed E-state index contributed by atoms with van der Waals surface area (Å²) < 4.78 is 0.758. The predicted octanol–water partition coefficient (Wildman–Crippen LogP) is 3.55. The molecule has 1 aromatic carbocycles. The number of anilines is 1. The van der Waals surface area contributed by atoms with Crippen LogP contribution in [0.4, 0.5) is 10.5 Å². The number of carbonyl (C=O) groups excluding carboxylic acids is 1. The molecular weight excluding hydrogens is 332 g/mol. The summed E-state index contributed by atoms with van der Waals surface area (Å²) in [6.07, 6.45) is -0.559. The summed E-state index contributed by atoms with van der Waals surface area (Å²) in [4.78, 5) is 11.7. The van der Waals surface area contributed by atoms with Crippen LogP contribution in [0, 0.1) is 12.8 Å². The Bertz CT molecular complexity index is 466. The van der Waals surface area contributed by atoms with E-state index in [-0.39, 0.29) is 18.5 Å². The summed E-state index contributed by atoms with van der Waals surface area (Å²) in [5.41, 5.74) is 1.52. The van der Waals surface area contributed by atoms with Gasteiger partial charge in [0.1, 0.15) is 0 Å². The summed E-state index contributed by atoms with van der Waals surface area (Å²) >= 11 is 9.37. The minimum Gasteiger partial charge on any atom is -0.391 e. The average molecular weight is 350 g/mol. The maximum Gasteiger partial charge on any atom is 0.319 e. The summed E-state index contributed by atoms with van der Waals surface area (Å²) in [6.45, 7) is 5.87. The molecule has 1 aromatic rings. The van der Waals surface area contributed by atoms with E-state index in [1.807, 2.05) is 26.8 Å². The standard InChI is InChI=1S/C13H18BrClN2O2/c1-7(2)12(18)6-16-13(19)17-11-5-10(15)8(3)4-9(11)14/h4-5,7,12,18H,6H2,1-3H3,(H2,16,17,19)/t12-/m1/s1. The largest absolute Gasteiger partial charge is 0.391 e. The number of hydrogen-bond donors (Lipinski definition) is 3. The fourth-order valence-corrected chi connectivity index (χ4v) is 2.06. The first kappa shape index (κ1) is 16.3. The van der Waals surface area contributed by atoms with Crippen molar-refractivity contribution in [3.05, 3.63) is 27.2 Å². The molecule has 0 aliphatic carbocycles. The van der Waals surface area contributed by atoms with Crippen LogP contribution in [0.5, 0.6) is 0 Å². The van der Waals surface area contributed by atoms with Gasteiger partial charge in [-0.25, -0.2) is 4.79 Å². The number of hydrogen-bond acceptors (Lipinski definition) is 2. The predicted molar refractivity (Wildman–Crippen MR) is 81.8 cm³/mol. The van der Waals surface area contributed by atoms with E-state index in [1.54, 1.807) is 6.07 Å². The fourth-order valence-electron chi connectivity index (χ4n) is 1.34. The van der Waals surface area contributed by atoms with Crippen molar-refractivity contribution in [3.8, 4) is 0 Å². The third kappa shape index (κ3) is 5.01. The van der Waals surface area contributed by atoms with Gasteiger partial charge in [0.2, 0.25) is 0 Å². The maximum atomic E-state index is 11.7. The van der Waals surface area contributed by atoms with Crippen LogP contribution in [0.25, 0.3) is 0 Å². The molecule has 0 heterocycles. The van der Waals surface area contributed by atoms with Crippen molar-refractivity contribution in [3.63, 3.8) is 0 Å². The van der Waals surface area contributed by atoms with E-state index in [4.69, 9.17) is 11.6 Å². The average Bonchev–Trinajstić information content (AvgIpc) is 2.32. The molecule has 0 aliphatic rings. The van der Waals surface area contributed by atoms with Crippen LogP contribution < -0.4 is 10.6 Å². The van der Waals surface area contributed by atoms with Crippen molar-refractivity contribution in [1.82, 2.24) is 5.32 Å². The molecule has 0 saturated heterocycles. The molecule has 0 unspecified atom stereocenters. The van der Waals surface area contributed by atoms with Gasteiger partial charge in [-0.3, -0.25) is 0 Å². The zero-order valence-electron chi connectivity index (χ0n) is 11.1. The van der Waals surface area contributed by atoms with Crippen molar-refractivity contribution in [1.29, 1.82) is 0 Å². The van der Waals surface area contributed by atoms with Gasteiger partial charge in [-0.05, 0) is 46.5 Å². The smallest absolute Gasteiger partial charge is 0.319 e. The molecule has 0 aliphatic heterocycles. The van der Waals surface area contributed by atoms with Gasteiger partial charge in [-0.2, -0.15) is 0 Å². The third-order valence-electron chi connectivity index (χ3n) is 2.74. The van der Waals surface area contributed by atoms with Crippen molar-refractivity contribution in [2.24, 2.45) is 5.92 Å². The van der Waals surface area contributed by atoms with E-state index >= 15 is 0 Å². The van der Waals surface area contributed by atoms with Gasteiger partial charge < -0.3 is 15.7 Å². The van der Waals surface area contributed by atoms with Gasteiger partial charge in [-0.15, -0.1) is 0 Å². The number of halogens is 2. The number of benzene rings is 1. The summed E-state index contributed by atoms with van der Waals surface area (Å²) in [7, 11) is 0. The van der Waals surface area contributed by atoms with Crippen molar-refractivity contribution in [2.45, 2.75) is 26.9 Å². The molecule has 0 bridgehead atoms. The topological polar surface area (TPSA) is 61.4 Å². The highest BCUT2D eigenvalue weighted by atomic mass is 79.9.